The quantitative estimate of drug-likeness (QED) is 0.119. The van der Waals surface area contributed by atoms with E-state index >= 15 is 0 Å². The highest BCUT2D eigenvalue weighted by Crippen LogP contribution is 2.20. The predicted molar refractivity (Wildman–Crippen MR) is 151 cm³/mol. The fraction of sp³-hybridized carbons (Fsp3) is 0.750. The first-order chi connectivity index (χ1) is 17.5. The minimum atomic E-state index is -1.09. The number of aromatic carboxylic acids is 1. The van der Waals surface area contributed by atoms with Crippen LogP contribution in [0.1, 0.15) is 163 Å². The number of esters is 1. The second kappa shape index (κ2) is 21.3. The minimum Gasteiger partial charge on any atom is -0.478 e. The van der Waals surface area contributed by atoms with Gasteiger partial charge in [-0.3, -0.25) is 0 Å². The van der Waals surface area contributed by atoms with Crippen LogP contribution < -0.4 is 0 Å². The zero-order valence-corrected chi connectivity index (χ0v) is 23.6. The molecule has 0 aliphatic rings. The summed E-state index contributed by atoms with van der Waals surface area (Å²) in [4.78, 5) is 24.4. The molecule has 1 unspecified atom stereocenters. The highest BCUT2D eigenvalue weighted by Gasteiger charge is 2.21. The second-order valence-electron chi connectivity index (χ2n) is 10.9. The third kappa shape index (κ3) is 16.0. The van der Waals surface area contributed by atoms with Gasteiger partial charge < -0.3 is 9.84 Å². The van der Waals surface area contributed by atoms with E-state index in [0.717, 1.165) is 38.0 Å². The summed E-state index contributed by atoms with van der Waals surface area (Å²) >= 11 is 0. The van der Waals surface area contributed by atoms with Crippen molar-refractivity contribution in [2.24, 2.45) is 5.92 Å². The van der Waals surface area contributed by atoms with Gasteiger partial charge in [0, 0.05) is 0 Å². The summed E-state index contributed by atoms with van der Waals surface area (Å²) < 4.78 is 5.88. The fourth-order valence-electron chi connectivity index (χ4n) is 4.82. The maximum atomic E-state index is 12.8. The average molecular weight is 503 g/mol. The number of carbonyl (C=O) groups excluding carboxylic acids is 1. The SMILES string of the molecule is CCCCCCCCCCCCCC(CCCCCCCC(C)C)OC(=O)c1ccccc1C(=O)O. The van der Waals surface area contributed by atoms with Crippen LogP contribution in [0.2, 0.25) is 0 Å². The van der Waals surface area contributed by atoms with E-state index in [1.807, 2.05) is 0 Å². The number of carboxylic acids is 1. The van der Waals surface area contributed by atoms with Crippen molar-refractivity contribution in [1.29, 1.82) is 0 Å². The number of rotatable bonds is 23. The molecule has 206 valence electrons. The summed E-state index contributed by atoms with van der Waals surface area (Å²) in [6, 6.07) is 6.36. The van der Waals surface area contributed by atoms with Gasteiger partial charge in [0.15, 0.2) is 0 Å². The lowest BCUT2D eigenvalue weighted by molar-refractivity contribution is 0.0244. The number of carbonyl (C=O) groups is 2. The van der Waals surface area contributed by atoms with Crippen LogP contribution >= 0.6 is 0 Å². The van der Waals surface area contributed by atoms with Crippen molar-refractivity contribution in [1.82, 2.24) is 0 Å². The zero-order chi connectivity index (χ0) is 26.4. The number of unbranched alkanes of at least 4 members (excludes halogenated alkanes) is 14. The summed E-state index contributed by atoms with van der Waals surface area (Å²) in [6.45, 7) is 6.81. The molecule has 0 bridgehead atoms. The molecular formula is C32H54O4. The highest BCUT2D eigenvalue weighted by atomic mass is 16.5. The van der Waals surface area contributed by atoms with Crippen molar-refractivity contribution >= 4 is 11.9 Å². The van der Waals surface area contributed by atoms with Gasteiger partial charge in [-0.05, 0) is 43.7 Å². The molecule has 1 aromatic rings. The zero-order valence-electron chi connectivity index (χ0n) is 23.6. The number of ether oxygens (including phenoxy) is 1. The van der Waals surface area contributed by atoms with Gasteiger partial charge in [0.2, 0.25) is 0 Å². The molecule has 0 saturated heterocycles. The largest absolute Gasteiger partial charge is 0.478 e. The Morgan fingerprint density at radius 2 is 1.08 bits per heavy atom. The van der Waals surface area contributed by atoms with Gasteiger partial charge in [0.05, 0.1) is 11.1 Å². The monoisotopic (exact) mass is 502 g/mol. The van der Waals surface area contributed by atoms with Gasteiger partial charge in [-0.25, -0.2) is 9.59 Å². The normalized spacial score (nSPS) is 12.1. The number of benzene rings is 1. The molecule has 0 amide bonds. The molecule has 0 radical (unpaired) electrons. The first-order valence-electron chi connectivity index (χ1n) is 15.0. The van der Waals surface area contributed by atoms with Gasteiger partial charge in [0.25, 0.3) is 0 Å². The van der Waals surface area contributed by atoms with Crippen molar-refractivity contribution in [2.75, 3.05) is 0 Å². The summed E-state index contributed by atoms with van der Waals surface area (Å²) in [7, 11) is 0. The van der Waals surface area contributed by atoms with Crippen LogP contribution in [0.15, 0.2) is 24.3 Å². The van der Waals surface area contributed by atoms with Crippen molar-refractivity contribution in [2.45, 2.75) is 149 Å². The third-order valence-corrected chi connectivity index (χ3v) is 7.09. The Bertz CT molecular complexity index is 697. The van der Waals surface area contributed by atoms with E-state index < -0.39 is 11.9 Å². The van der Waals surface area contributed by atoms with Crippen LogP contribution in [-0.2, 0) is 4.74 Å². The van der Waals surface area contributed by atoms with E-state index in [4.69, 9.17) is 4.74 Å². The fourth-order valence-corrected chi connectivity index (χ4v) is 4.82. The van der Waals surface area contributed by atoms with Crippen molar-refractivity contribution in [3.8, 4) is 0 Å². The second-order valence-corrected chi connectivity index (χ2v) is 10.9. The molecule has 4 nitrogen and oxygen atoms in total. The molecule has 0 aliphatic carbocycles. The van der Waals surface area contributed by atoms with E-state index in [2.05, 4.69) is 20.8 Å². The van der Waals surface area contributed by atoms with E-state index in [9.17, 15) is 14.7 Å². The third-order valence-electron chi connectivity index (χ3n) is 7.09. The molecule has 4 heteroatoms. The number of carboxylic acid groups (broad SMARTS) is 1. The summed E-state index contributed by atoms with van der Waals surface area (Å²) in [6.07, 6.45) is 23.1. The van der Waals surface area contributed by atoms with E-state index in [-0.39, 0.29) is 17.2 Å². The Hall–Kier alpha value is -1.84. The smallest absolute Gasteiger partial charge is 0.339 e. The lowest BCUT2D eigenvalue weighted by Crippen LogP contribution is -2.20. The molecule has 0 fully saturated rings. The summed E-state index contributed by atoms with van der Waals surface area (Å²) in [5.41, 5.74) is 0.170. The van der Waals surface area contributed by atoms with Gasteiger partial charge >= 0.3 is 11.9 Å². The number of hydrogen-bond donors (Lipinski definition) is 1. The van der Waals surface area contributed by atoms with Gasteiger partial charge in [-0.1, -0.05) is 129 Å². The van der Waals surface area contributed by atoms with E-state index in [1.54, 1.807) is 18.2 Å². The standard InChI is InChI=1S/C32H54O4/c1-4-5-6-7-8-9-10-11-12-15-18-23-28(24-19-16-13-14-17-22-27(2)3)36-32(35)30-26-21-20-25-29(30)31(33)34/h20-21,25-28H,4-19,22-24H2,1-3H3,(H,33,34). The molecule has 0 saturated carbocycles. The predicted octanol–water partition coefficient (Wildman–Crippen LogP) is 10.00. The highest BCUT2D eigenvalue weighted by molar-refractivity contribution is 6.02. The molecule has 1 rings (SSSR count). The van der Waals surface area contributed by atoms with Crippen LogP contribution in [-0.4, -0.2) is 23.1 Å². The van der Waals surface area contributed by atoms with Gasteiger partial charge in [-0.2, -0.15) is 0 Å². The van der Waals surface area contributed by atoms with E-state index in [0.29, 0.717) is 0 Å². The Labute approximate surface area is 221 Å². The molecule has 0 heterocycles. The van der Waals surface area contributed by atoms with Gasteiger partial charge in [0.1, 0.15) is 6.10 Å². The summed E-state index contributed by atoms with van der Waals surface area (Å²) in [5, 5.41) is 9.44. The van der Waals surface area contributed by atoms with Crippen LogP contribution in [0.25, 0.3) is 0 Å². The van der Waals surface area contributed by atoms with Crippen LogP contribution in [0.4, 0.5) is 0 Å². The Kier molecular flexibility index (Phi) is 19.0. The first-order valence-corrected chi connectivity index (χ1v) is 15.0. The number of hydrogen-bond acceptors (Lipinski definition) is 3. The first kappa shape index (κ1) is 32.2. The molecule has 36 heavy (non-hydrogen) atoms. The van der Waals surface area contributed by atoms with Crippen LogP contribution in [0.5, 0.6) is 0 Å². The molecule has 1 atom stereocenters. The van der Waals surface area contributed by atoms with Crippen LogP contribution in [0.3, 0.4) is 0 Å². The Morgan fingerprint density at radius 1 is 0.667 bits per heavy atom. The molecule has 1 N–H and O–H groups in total. The maximum absolute atomic E-state index is 12.8. The minimum absolute atomic E-state index is 0.0149. The van der Waals surface area contributed by atoms with Crippen molar-refractivity contribution < 1.29 is 19.4 Å². The Morgan fingerprint density at radius 3 is 1.53 bits per heavy atom. The molecule has 0 spiro atoms. The maximum Gasteiger partial charge on any atom is 0.339 e. The van der Waals surface area contributed by atoms with Crippen LogP contribution in [0, 0.1) is 5.92 Å². The molecule has 0 aromatic heterocycles. The lowest BCUT2D eigenvalue weighted by Gasteiger charge is -2.19. The lowest BCUT2D eigenvalue weighted by atomic mass is 10.00. The topological polar surface area (TPSA) is 63.6 Å². The molecule has 1 aromatic carbocycles. The van der Waals surface area contributed by atoms with Crippen molar-refractivity contribution in [3.63, 3.8) is 0 Å². The average Bonchev–Trinajstić information content (AvgIpc) is 2.86. The summed E-state index contributed by atoms with van der Waals surface area (Å²) in [5.74, 6) is -0.822. The Balaban J connectivity index is 2.41. The molecule has 0 aliphatic heterocycles. The van der Waals surface area contributed by atoms with Gasteiger partial charge in [-0.15, -0.1) is 0 Å². The van der Waals surface area contributed by atoms with E-state index in [1.165, 1.54) is 96.0 Å². The van der Waals surface area contributed by atoms with Crippen molar-refractivity contribution in [3.05, 3.63) is 35.4 Å². The molecular weight excluding hydrogens is 448 g/mol.